The van der Waals surface area contributed by atoms with E-state index >= 15 is 0 Å². The lowest BCUT2D eigenvalue weighted by atomic mass is 9.73. The Labute approximate surface area is 354 Å². The highest BCUT2D eigenvalue weighted by atomic mass is 15.2. The normalized spacial score (nSPS) is 13.2. The fraction of sp³-hybridized carbons (Fsp3) is 0.0526. The van der Waals surface area contributed by atoms with Gasteiger partial charge in [-0.25, -0.2) is 9.97 Å². The van der Waals surface area contributed by atoms with E-state index in [-0.39, 0.29) is 5.41 Å². The maximum absolute atomic E-state index is 5.54. The highest BCUT2D eigenvalue weighted by Gasteiger charge is 2.37. The van der Waals surface area contributed by atoms with Gasteiger partial charge in [-0.1, -0.05) is 184 Å². The summed E-state index contributed by atoms with van der Waals surface area (Å²) in [6.45, 7) is 4.69. The molecule has 12 rings (SSSR count). The highest BCUT2D eigenvalue weighted by molar-refractivity contribution is 6.23. The first-order valence-electron chi connectivity index (χ1n) is 21.0. The van der Waals surface area contributed by atoms with Crippen LogP contribution >= 0.6 is 0 Å². The third kappa shape index (κ3) is 5.46. The van der Waals surface area contributed by atoms with Gasteiger partial charge in [0.15, 0.2) is 0 Å². The Hall–Kier alpha value is -7.82. The second kappa shape index (κ2) is 13.6. The summed E-state index contributed by atoms with van der Waals surface area (Å²) in [6, 6.07) is 74.3. The molecule has 0 saturated heterocycles. The monoisotopic (exact) mass is 780 g/mol. The van der Waals surface area contributed by atoms with Crippen LogP contribution in [-0.2, 0) is 5.41 Å². The van der Waals surface area contributed by atoms with Crippen molar-refractivity contribution in [1.82, 2.24) is 14.5 Å². The molecule has 0 atom stereocenters. The van der Waals surface area contributed by atoms with E-state index in [0.717, 1.165) is 55.4 Å². The molecule has 4 nitrogen and oxygen atoms in total. The first-order chi connectivity index (χ1) is 30.0. The van der Waals surface area contributed by atoms with Crippen LogP contribution in [0.2, 0.25) is 0 Å². The molecule has 0 radical (unpaired) electrons. The molecule has 0 fully saturated rings. The van der Waals surface area contributed by atoms with Crippen molar-refractivity contribution in [3.05, 3.63) is 217 Å². The van der Waals surface area contributed by atoms with E-state index in [2.05, 4.69) is 230 Å². The van der Waals surface area contributed by atoms with Crippen LogP contribution < -0.4 is 4.90 Å². The number of hydrogen-bond acceptors (Lipinski definition) is 3. The summed E-state index contributed by atoms with van der Waals surface area (Å²) in [5.41, 5.74) is 15.5. The smallest absolute Gasteiger partial charge is 0.235 e. The zero-order chi connectivity index (χ0) is 40.7. The van der Waals surface area contributed by atoms with Gasteiger partial charge in [0.1, 0.15) is 0 Å². The maximum atomic E-state index is 5.54. The fourth-order valence-electron chi connectivity index (χ4n) is 9.85. The maximum Gasteiger partial charge on any atom is 0.235 e. The zero-order valence-corrected chi connectivity index (χ0v) is 33.9. The molecule has 0 amide bonds. The molecule has 4 heteroatoms. The standard InChI is InChI=1S/C57H40N4/c1-57(2)47-25-12-14-27-50(47)60(42-19-7-4-8-20-42)52-36-41(32-34-48(52)57)44-23-15-24-46-53-43-21-10-9-18-39(43)33-35-51(53)61(55(44)46)56-58-49-26-13-11-22-45(49)54(59-56)40-30-28-38(29-31-40)37-16-5-3-6-17-37/h3-36H,1-2H3. The van der Waals surface area contributed by atoms with Gasteiger partial charge in [-0.05, 0) is 75.0 Å². The van der Waals surface area contributed by atoms with Gasteiger partial charge in [0.2, 0.25) is 5.95 Å². The fourth-order valence-corrected chi connectivity index (χ4v) is 9.85. The number of benzene rings is 9. The van der Waals surface area contributed by atoms with E-state index in [1.54, 1.807) is 0 Å². The average Bonchev–Trinajstić information content (AvgIpc) is 3.67. The lowest BCUT2D eigenvalue weighted by molar-refractivity contribution is 0.632. The van der Waals surface area contributed by atoms with Crippen molar-refractivity contribution in [2.45, 2.75) is 19.3 Å². The molecular weight excluding hydrogens is 741 g/mol. The summed E-state index contributed by atoms with van der Waals surface area (Å²) in [4.78, 5) is 13.4. The summed E-state index contributed by atoms with van der Waals surface area (Å²) in [5.74, 6) is 0.641. The molecule has 0 aliphatic carbocycles. The van der Waals surface area contributed by atoms with E-state index in [4.69, 9.17) is 9.97 Å². The van der Waals surface area contributed by atoms with Crippen LogP contribution in [0.1, 0.15) is 25.0 Å². The van der Waals surface area contributed by atoms with Gasteiger partial charge in [-0.2, -0.15) is 0 Å². The van der Waals surface area contributed by atoms with Crippen molar-refractivity contribution in [2.75, 3.05) is 4.90 Å². The Balaban J connectivity index is 1.13. The minimum Gasteiger partial charge on any atom is -0.310 e. The highest BCUT2D eigenvalue weighted by Crippen LogP contribution is 2.53. The molecule has 0 saturated carbocycles. The summed E-state index contributed by atoms with van der Waals surface area (Å²) >= 11 is 0. The Morgan fingerprint density at radius 1 is 0.443 bits per heavy atom. The number of fused-ring (bicyclic) bond motifs is 8. The molecule has 0 spiro atoms. The van der Waals surface area contributed by atoms with E-state index in [0.29, 0.717) is 5.95 Å². The number of rotatable bonds is 5. The molecular formula is C57H40N4. The number of nitrogens with zero attached hydrogens (tertiary/aromatic N) is 4. The zero-order valence-electron chi connectivity index (χ0n) is 33.9. The minimum atomic E-state index is -0.204. The molecule has 288 valence electrons. The van der Waals surface area contributed by atoms with Crippen molar-refractivity contribution in [3.8, 4) is 39.5 Å². The van der Waals surface area contributed by atoms with Gasteiger partial charge in [0.25, 0.3) is 0 Å². The van der Waals surface area contributed by atoms with E-state index in [1.165, 1.54) is 49.8 Å². The van der Waals surface area contributed by atoms with Crippen LogP contribution in [-0.4, -0.2) is 14.5 Å². The van der Waals surface area contributed by atoms with E-state index in [9.17, 15) is 0 Å². The third-order valence-electron chi connectivity index (χ3n) is 12.8. The largest absolute Gasteiger partial charge is 0.310 e. The van der Waals surface area contributed by atoms with Crippen molar-refractivity contribution < 1.29 is 0 Å². The number of aromatic nitrogens is 3. The van der Waals surface area contributed by atoms with Gasteiger partial charge in [-0.15, -0.1) is 0 Å². The predicted molar refractivity (Wildman–Crippen MR) is 255 cm³/mol. The Morgan fingerprint density at radius 2 is 1.08 bits per heavy atom. The molecule has 3 heterocycles. The summed E-state index contributed by atoms with van der Waals surface area (Å²) in [7, 11) is 0. The Morgan fingerprint density at radius 3 is 1.92 bits per heavy atom. The Bertz CT molecular complexity index is 3490. The lowest BCUT2D eigenvalue weighted by Crippen LogP contribution is -2.30. The summed E-state index contributed by atoms with van der Waals surface area (Å²) < 4.78 is 2.31. The Kier molecular flexibility index (Phi) is 7.85. The summed E-state index contributed by atoms with van der Waals surface area (Å²) in [6.07, 6.45) is 0. The van der Waals surface area contributed by atoms with Crippen LogP contribution in [0.3, 0.4) is 0 Å². The van der Waals surface area contributed by atoms with E-state index in [1.807, 2.05) is 0 Å². The van der Waals surface area contributed by atoms with Crippen molar-refractivity contribution >= 4 is 60.5 Å². The average molecular weight is 781 g/mol. The quantitative estimate of drug-likeness (QED) is 0.174. The van der Waals surface area contributed by atoms with E-state index < -0.39 is 0 Å². The molecule has 0 bridgehead atoms. The third-order valence-corrected chi connectivity index (χ3v) is 12.8. The van der Waals surface area contributed by atoms with Gasteiger partial charge < -0.3 is 4.90 Å². The molecule has 11 aromatic rings. The van der Waals surface area contributed by atoms with Crippen molar-refractivity contribution in [1.29, 1.82) is 0 Å². The van der Waals surface area contributed by atoms with Gasteiger partial charge in [0.05, 0.1) is 33.6 Å². The lowest BCUT2D eigenvalue weighted by Gasteiger charge is -2.42. The van der Waals surface area contributed by atoms with Crippen molar-refractivity contribution in [3.63, 3.8) is 0 Å². The van der Waals surface area contributed by atoms with Crippen molar-refractivity contribution in [2.24, 2.45) is 0 Å². The van der Waals surface area contributed by atoms with Crippen LogP contribution in [0.5, 0.6) is 0 Å². The molecule has 0 N–H and O–H groups in total. The molecule has 2 aromatic heterocycles. The van der Waals surface area contributed by atoms with Crippen LogP contribution in [0, 0.1) is 0 Å². The van der Waals surface area contributed by atoms with Crippen LogP contribution in [0.25, 0.3) is 82.9 Å². The van der Waals surface area contributed by atoms with Crippen LogP contribution in [0.4, 0.5) is 17.1 Å². The van der Waals surface area contributed by atoms with Gasteiger partial charge >= 0.3 is 0 Å². The first kappa shape index (κ1) is 35.2. The predicted octanol–water partition coefficient (Wildman–Crippen LogP) is 15.0. The SMILES string of the molecule is CC1(C)c2ccccc2N(c2ccccc2)c2cc(-c3cccc4c5c6ccccc6ccc5n(-c5nc(-c6ccc(-c7ccccc7)cc6)c6ccccc6n5)c34)ccc21. The second-order valence-corrected chi connectivity index (χ2v) is 16.6. The second-order valence-electron chi connectivity index (χ2n) is 16.6. The minimum absolute atomic E-state index is 0.204. The molecule has 1 aliphatic rings. The number of para-hydroxylation sites is 4. The topological polar surface area (TPSA) is 34.0 Å². The molecule has 61 heavy (non-hydrogen) atoms. The summed E-state index contributed by atoms with van der Waals surface area (Å²) in [5, 5.41) is 5.78. The van der Waals surface area contributed by atoms with Crippen LogP contribution in [0.15, 0.2) is 206 Å². The number of anilines is 3. The molecule has 1 aliphatic heterocycles. The van der Waals surface area contributed by atoms with Gasteiger partial charge in [0, 0.05) is 38.4 Å². The first-order valence-corrected chi connectivity index (χ1v) is 21.0. The number of hydrogen-bond donors (Lipinski definition) is 0. The molecule has 9 aromatic carbocycles. The van der Waals surface area contributed by atoms with Gasteiger partial charge in [-0.3, -0.25) is 4.57 Å². The molecule has 0 unspecified atom stereocenters.